The van der Waals surface area contributed by atoms with Crippen molar-refractivity contribution in [3.05, 3.63) is 81.9 Å². The Balaban J connectivity index is 1.51. The molecule has 6 heteroatoms. The molecule has 0 aliphatic carbocycles. The quantitative estimate of drug-likeness (QED) is 0.196. The Hall–Kier alpha value is -2.99. The molecule has 0 fully saturated rings. The second-order valence-corrected chi connectivity index (χ2v) is 7.60. The minimum atomic E-state index is -0.440. The summed E-state index contributed by atoms with van der Waals surface area (Å²) >= 11 is 0. The van der Waals surface area contributed by atoms with Crippen LogP contribution in [0, 0.1) is 10.1 Å². The minimum absolute atomic E-state index is 0.0419. The molecule has 0 aliphatic heterocycles. The highest BCUT2D eigenvalue weighted by Crippen LogP contribution is 2.13. The van der Waals surface area contributed by atoms with Crippen LogP contribution in [0.5, 0.6) is 0 Å². The summed E-state index contributed by atoms with van der Waals surface area (Å²) < 4.78 is 0. The van der Waals surface area contributed by atoms with Crippen molar-refractivity contribution in [2.24, 2.45) is 0 Å². The Morgan fingerprint density at radius 3 is 2.35 bits per heavy atom. The third kappa shape index (κ3) is 10.0. The fourth-order valence-electron chi connectivity index (χ4n) is 3.33. The van der Waals surface area contributed by atoms with E-state index in [1.54, 1.807) is 18.2 Å². The van der Waals surface area contributed by atoms with E-state index >= 15 is 0 Å². The fourth-order valence-corrected chi connectivity index (χ4v) is 3.33. The van der Waals surface area contributed by atoms with E-state index in [0.29, 0.717) is 6.54 Å². The Morgan fingerprint density at radius 2 is 1.68 bits per heavy atom. The van der Waals surface area contributed by atoms with Crippen molar-refractivity contribution < 1.29 is 9.72 Å². The first-order valence-corrected chi connectivity index (χ1v) is 11.0. The van der Waals surface area contributed by atoms with Crippen molar-refractivity contribution >= 4 is 17.7 Å². The molecule has 2 aromatic carbocycles. The van der Waals surface area contributed by atoms with Crippen LogP contribution in [0.4, 0.5) is 5.69 Å². The van der Waals surface area contributed by atoms with E-state index < -0.39 is 4.92 Å². The number of hydrogen-bond donors (Lipinski definition) is 1. The highest BCUT2D eigenvalue weighted by molar-refractivity contribution is 5.91. The third-order valence-corrected chi connectivity index (χ3v) is 5.18. The first-order chi connectivity index (χ1) is 15.1. The molecule has 1 N–H and O–H groups in total. The maximum atomic E-state index is 11.9. The van der Waals surface area contributed by atoms with E-state index in [1.807, 2.05) is 0 Å². The van der Waals surface area contributed by atoms with Crippen LogP contribution in [0.3, 0.4) is 0 Å². The summed E-state index contributed by atoms with van der Waals surface area (Å²) in [6.45, 7) is 6.07. The second kappa shape index (κ2) is 14.1. The van der Waals surface area contributed by atoms with Gasteiger partial charge in [-0.05, 0) is 55.3 Å². The van der Waals surface area contributed by atoms with Gasteiger partial charge in [0.2, 0.25) is 5.91 Å². The summed E-state index contributed by atoms with van der Waals surface area (Å²) in [5.74, 6) is -0.141. The molecule has 2 aromatic rings. The number of nitrogens with one attached hydrogen (secondary N) is 1. The summed E-state index contributed by atoms with van der Waals surface area (Å²) in [4.78, 5) is 24.6. The largest absolute Gasteiger partial charge is 0.353 e. The first-order valence-electron chi connectivity index (χ1n) is 11.0. The summed E-state index contributed by atoms with van der Waals surface area (Å²) in [6.07, 6.45) is 8.79. The molecule has 0 radical (unpaired) electrons. The van der Waals surface area contributed by atoms with E-state index in [-0.39, 0.29) is 11.6 Å². The Kier molecular flexibility index (Phi) is 11.0. The molecule has 0 bridgehead atoms. The molecular formula is C25H33N3O3. The lowest BCUT2D eigenvalue weighted by Crippen LogP contribution is -2.24. The van der Waals surface area contributed by atoms with E-state index in [1.165, 1.54) is 43.0 Å². The number of nitro benzene ring substituents is 1. The molecule has 0 saturated carbocycles. The standard InChI is InChI=1S/C25H33N3O3/c1-2-27(21-23-11-7-6-8-12-23)20-10-5-3-4-9-19-26-25(29)18-15-22-13-16-24(17-14-22)28(30)31/h6-8,11-18H,2-5,9-10,19-21H2,1H3,(H,26,29)/b18-15+. The number of non-ortho nitro benzene ring substituents is 1. The maximum absolute atomic E-state index is 11.9. The number of hydrogen-bond acceptors (Lipinski definition) is 4. The lowest BCUT2D eigenvalue weighted by molar-refractivity contribution is -0.384. The summed E-state index contributed by atoms with van der Waals surface area (Å²) in [5.41, 5.74) is 2.16. The number of nitrogens with zero attached hydrogens (tertiary/aromatic N) is 2. The fraction of sp³-hybridized carbons (Fsp3) is 0.400. The zero-order valence-electron chi connectivity index (χ0n) is 18.3. The van der Waals surface area contributed by atoms with Crippen LogP contribution in [-0.2, 0) is 11.3 Å². The number of amides is 1. The third-order valence-electron chi connectivity index (χ3n) is 5.18. The van der Waals surface area contributed by atoms with Gasteiger partial charge < -0.3 is 5.32 Å². The van der Waals surface area contributed by atoms with Crippen molar-refractivity contribution in [2.75, 3.05) is 19.6 Å². The highest BCUT2D eigenvalue weighted by Gasteiger charge is 2.04. The van der Waals surface area contributed by atoms with E-state index in [9.17, 15) is 14.9 Å². The molecule has 1 amide bonds. The molecule has 31 heavy (non-hydrogen) atoms. The molecule has 0 atom stereocenters. The minimum Gasteiger partial charge on any atom is -0.353 e. The van der Waals surface area contributed by atoms with Crippen LogP contribution < -0.4 is 5.32 Å². The summed E-state index contributed by atoms with van der Waals surface area (Å²) in [6, 6.07) is 16.7. The van der Waals surface area contributed by atoms with Crippen molar-refractivity contribution in [1.82, 2.24) is 10.2 Å². The normalized spacial score (nSPS) is 11.2. The molecule has 0 aromatic heterocycles. The molecule has 0 aliphatic rings. The average molecular weight is 424 g/mol. The zero-order chi connectivity index (χ0) is 22.3. The van der Waals surface area contributed by atoms with Gasteiger partial charge in [0.1, 0.15) is 0 Å². The number of benzene rings is 2. The van der Waals surface area contributed by atoms with E-state index in [4.69, 9.17) is 0 Å². The van der Waals surface area contributed by atoms with Crippen LogP contribution in [0.15, 0.2) is 60.7 Å². The van der Waals surface area contributed by atoms with Crippen molar-refractivity contribution in [2.45, 2.75) is 45.6 Å². The predicted molar refractivity (Wildman–Crippen MR) is 126 cm³/mol. The molecule has 0 heterocycles. The molecule has 166 valence electrons. The van der Waals surface area contributed by atoms with Gasteiger partial charge in [0.05, 0.1) is 4.92 Å². The van der Waals surface area contributed by atoms with Crippen LogP contribution in [0.2, 0.25) is 0 Å². The van der Waals surface area contributed by atoms with Crippen LogP contribution in [0.1, 0.15) is 50.2 Å². The second-order valence-electron chi connectivity index (χ2n) is 7.60. The lowest BCUT2D eigenvalue weighted by Gasteiger charge is -2.20. The number of carbonyl (C=O) groups is 1. The van der Waals surface area contributed by atoms with Crippen LogP contribution >= 0.6 is 0 Å². The molecule has 0 spiro atoms. The number of nitro groups is 1. The van der Waals surface area contributed by atoms with Gasteiger partial charge >= 0.3 is 0 Å². The van der Waals surface area contributed by atoms with Crippen molar-refractivity contribution in [3.8, 4) is 0 Å². The van der Waals surface area contributed by atoms with Gasteiger partial charge in [-0.1, -0.05) is 56.5 Å². The Labute approximate surface area is 185 Å². The van der Waals surface area contributed by atoms with Gasteiger partial charge in [-0.3, -0.25) is 19.8 Å². The molecular weight excluding hydrogens is 390 g/mol. The topological polar surface area (TPSA) is 75.5 Å². The van der Waals surface area contributed by atoms with Gasteiger partial charge in [-0.15, -0.1) is 0 Å². The maximum Gasteiger partial charge on any atom is 0.269 e. The Bertz CT molecular complexity index is 820. The Morgan fingerprint density at radius 1 is 1.00 bits per heavy atom. The molecule has 0 unspecified atom stereocenters. The number of rotatable bonds is 14. The van der Waals surface area contributed by atoms with Gasteiger partial charge in [-0.25, -0.2) is 0 Å². The van der Waals surface area contributed by atoms with Crippen molar-refractivity contribution in [3.63, 3.8) is 0 Å². The smallest absolute Gasteiger partial charge is 0.269 e. The summed E-state index contributed by atoms with van der Waals surface area (Å²) in [7, 11) is 0. The van der Waals surface area contributed by atoms with Gasteiger partial charge in [0, 0.05) is 31.3 Å². The van der Waals surface area contributed by atoms with E-state index in [2.05, 4.69) is 47.5 Å². The van der Waals surface area contributed by atoms with Gasteiger partial charge in [0.25, 0.3) is 5.69 Å². The summed E-state index contributed by atoms with van der Waals surface area (Å²) in [5, 5.41) is 13.5. The van der Waals surface area contributed by atoms with Crippen LogP contribution in [0.25, 0.3) is 6.08 Å². The van der Waals surface area contributed by atoms with Crippen molar-refractivity contribution in [1.29, 1.82) is 0 Å². The predicted octanol–water partition coefficient (Wildman–Crippen LogP) is 5.20. The molecule has 0 saturated heterocycles. The highest BCUT2D eigenvalue weighted by atomic mass is 16.6. The van der Waals surface area contributed by atoms with Gasteiger partial charge in [0.15, 0.2) is 0 Å². The molecule has 2 rings (SSSR count). The lowest BCUT2D eigenvalue weighted by atomic mass is 10.1. The number of unbranched alkanes of at least 4 members (excludes halogenated alkanes) is 4. The van der Waals surface area contributed by atoms with E-state index in [0.717, 1.165) is 38.0 Å². The first kappa shape index (κ1) is 24.3. The van der Waals surface area contributed by atoms with Crippen LogP contribution in [-0.4, -0.2) is 35.4 Å². The van der Waals surface area contributed by atoms with Gasteiger partial charge in [-0.2, -0.15) is 0 Å². The SMILES string of the molecule is CCN(CCCCCCCNC(=O)/C=C/c1ccc([N+](=O)[O-])cc1)Cc1ccccc1. The number of carbonyl (C=O) groups excluding carboxylic acids is 1. The average Bonchev–Trinajstić information content (AvgIpc) is 2.79. The molecule has 6 nitrogen and oxygen atoms in total. The monoisotopic (exact) mass is 423 g/mol. The zero-order valence-corrected chi connectivity index (χ0v) is 18.3.